The van der Waals surface area contributed by atoms with Crippen molar-refractivity contribution in [1.29, 1.82) is 0 Å². The Bertz CT molecular complexity index is 2530. The van der Waals surface area contributed by atoms with Gasteiger partial charge in [-0.1, -0.05) is 85.5 Å². The maximum absolute atomic E-state index is 14.8. The molecule has 2 aromatic heterocycles. The highest BCUT2D eigenvalue weighted by Crippen LogP contribution is 2.35. The van der Waals surface area contributed by atoms with Crippen LogP contribution >= 0.6 is 0 Å². The highest BCUT2D eigenvalue weighted by atomic mass is 16.3. The van der Waals surface area contributed by atoms with Gasteiger partial charge in [0.2, 0.25) is 11.8 Å². The van der Waals surface area contributed by atoms with Crippen molar-refractivity contribution in [3.05, 3.63) is 164 Å². The fourth-order valence-electron chi connectivity index (χ4n) is 8.16. The molecular formula is C46H46N10O4. The lowest BCUT2D eigenvalue weighted by Gasteiger charge is -2.56. The predicted octanol–water partition coefficient (Wildman–Crippen LogP) is 6.07. The molecule has 4 heterocycles. The van der Waals surface area contributed by atoms with Gasteiger partial charge in [-0.3, -0.25) is 19.9 Å². The number of aromatic hydroxyl groups is 1. The van der Waals surface area contributed by atoms with Crippen LogP contribution in [0.15, 0.2) is 147 Å². The minimum Gasteiger partial charge on any atom is -0.508 e. The Morgan fingerprint density at radius 1 is 0.933 bits per heavy atom. The number of carbonyl (C=O) groups is 3. The number of hydrogen-bond acceptors (Lipinski definition) is 9. The predicted molar refractivity (Wildman–Crippen MR) is 231 cm³/mol. The van der Waals surface area contributed by atoms with Crippen molar-refractivity contribution in [3.8, 4) is 16.9 Å². The number of benzene rings is 4. The number of phenols is 1. The summed E-state index contributed by atoms with van der Waals surface area (Å²) >= 11 is 0. The Morgan fingerprint density at radius 2 is 1.72 bits per heavy atom. The topological polar surface area (TPSA) is 151 Å². The Hall–Kier alpha value is -7.45. The molecule has 0 saturated carbocycles. The van der Waals surface area contributed by atoms with Crippen molar-refractivity contribution in [1.82, 2.24) is 39.7 Å². The first-order valence-corrected chi connectivity index (χ1v) is 19.7. The zero-order valence-corrected chi connectivity index (χ0v) is 33.2. The molecule has 4 aromatic carbocycles. The number of anilines is 2. The van der Waals surface area contributed by atoms with Crippen LogP contribution < -0.4 is 16.0 Å². The molecule has 6 aromatic rings. The van der Waals surface area contributed by atoms with E-state index in [4.69, 9.17) is 0 Å². The van der Waals surface area contributed by atoms with Gasteiger partial charge in [-0.05, 0) is 52.6 Å². The van der Waals surface area contributed by atoms with Crippen LogP contribution in [0.2, 0.25) is 0 Å². The van der Waals surface area contributed by atoms with Gasteiger partial charge in [0.1, 0.15) is 35.9 Å². The van der Waals surface area contributed by atoms with Crippen LogP contribution in [0.4, 0.5) is 16.3 Å². The maximum atomic E-state index is 14.8. The van der Waals surface area contributed by atoms with E-state index >= 15 is 0 Å². The molecule has 2 aliphatic heterocycles. The fourth-order valence-corrected chi connectivity index (χ4v) is 8.16. The highest BCUT2D eigenvalue weighted by Gasteiger charge is 2.50. The molecule has 8 rings (SSSR count). The number of nitrogens with one attached hydrogen (secondary N) is 3. The van der Waals surface area contributed by atoms with Crippen LogP contribution in [0.5, 0.6) is 5.75 Å². The molecule has 2 saturated heterocycles. The molecule has 4 N–H and O–H groups in total. The normalized spacial score (nSPS) is 16.7. The number of piperazine rings is 1. The van der Waals surface area contributed by atoms with E-state index < -0.39 is 18.2 Å². The lowest BCUT2D eigenvalue weighted by molar-refractivity contribution is -0.194. The van der Waals surface area contributed by atoms with Crippen molar-refractivity contribution in [2.45, 2.75) is 31.7 Å². The van der Waals surface area contributed by atoms with Gasteiger partial charge in [-0.25, -0.2) is 19.8 Å². The summed E-state index contributed by atoms with van der Waals surface area (Å²) in [6, 6.07) is 30.9. The summed E-state index contributed by atoms with van der Waals surface area (Å²) in [5, 5.41) is 24.0. The minimum atomic E-state index is -0.811. The van der Waals surface area contributed by atoms with Crippen molar-refractivity contribution in [2.24, 2.45) is 7.05 Å². The number of hydrogen-bond donors (Lipinski definition) is 4. The molecule has 0 bridgehead atoms. The number of para-hydroxylation sites is 1. The van der Waals surface area contributed by atoms with Crippen LogP contribution in [0.3, 0.4) is 0 Å². The van der Waals surface area contributed by atoms with Gasteiger partial charge in [0.15, 0.2) is 0 Å². The summed E-state index contributed by atoms with van der Waals surface area (Å²) in [6.07, 6.45) is 6.45. The molecule has 0 radical (unpaired) electrons. The van der Waals surface area contributed by atoms with E-state index in [1.165, 1.54) is 6.33 Å². The monoisotopic (exact) mass is 802 g/mol. The first kappa shape index (κ1) is 39.4. The summed E-state index contributed by atoms with van der Waals surface area (Å²) in [6.45, 7) is 9.91. The third-order valence-electron chi connectivity index (χ3n) is 10.9. The standard InChI is InChI=1S/C46H46N10O4/c1-4-23-54-29-43(58)55-40(24-32-13-19-37(57)20-14-32)45(59)53(28-42(55)56(54)31(2)48-25-33-9-6-5-7-10-33)26-35-11-8-12-38-39(27-52(3)44(35)38)34-15-17-36(18-16-34)50-46(60)51-41-21-22-47-30-49-41/h4-22,27,30,40,42,48,57H,1-2,23-26,28-29H2,3H3,(H2,47,49,50,51,60)/t40-,42-/m0/s1. The van der Waals surface area contributed by atoms with Crippen molar-refractivity contribution < 1.29 is 19.5 Å². The molecule has 14 heteroatoms. The van der Waals surface area contributed by atoms with Crippen LogP contribution in [0.25, 0.3) is 22.0 Å². The van der Waals surface area contributed by atoms with E-state index in [2.05, 4.69) is 55.9 Å². The highest BCUT2D eigenvalue weighted by molar-refractivity contribution is 6.00. The largest absolute Gasteiger partial charge is 0.508 e. The van der Waals surface area contributed by atoms with Crippen molar-refractivity contribution in [3.63, 3.8) is 0 Å². The Balaban J connectivity index is 1.09. The summed E-state index contributed by atoms with van der Waals surface area (Å²) in [5.41, 5.74) is 6.39. The van der Waals surface area contributed by atoms with E-state index in [1.54, 1.807) is 47.5 Å². The molecule has 304 valence electrons. The molecular weight excluding hydrogens is 757 g/mol. The number of aromatic nitrogens is 3. The van der Waals surface area contributed by atoms with Gasteiger partial charge in [-0.15, -0.1) is 6.58 Å². The minimum absolute atomic E-state index is 0.0483. The Kier molecular flexibility index (Phi) is 11.3. The number of rotatable bonds is 13. The molecule has 2 aliphatic rings. The summed E-state index contributed by atoms with van der Waals surface area (Å²) < 4.78 is 2.08. The molecule has 2 atom stereocenters. The number of hydrazine groups is 1. The second-order valence-electron chi connectivity index (χ2n) is 14.9. The number of carbonyl (C=O) groups excluding carboxylic acids is 3. The van der Waals surface area contributed by atoms with Crippen molar-refractivity contribution in [2.75, 3.05) is 30.3 Å². The average Bonchev–Trinajstić information content (AvgIpc) is 3.60. The van der Waals surface area contributed by atoms with Gasteiger partial charge in [0, 0.05) is 62.1 Å². The first-order valence-electron chi connectivity index (χ1n) is 19.7. The molecule has 0 spiro atoms. The van der Waals surface area contributed by atoms with Crippen LogP contribution in [0, 0.1) is 0 Å². The van der Waals surface area contributed by atoms with Crippen LogP contribution in [-0.2, 0) is 36.1 Å². The third-order valence-corrected chi connectivity index (χ3v) is 10.9. The number of nitrogens with zero attached hydrogens (tertiary/aromatic N) is 7. The lowest BCUT2D eigenvalue weighted by atomic mass is 9.97. The number of fused-ring (bicyclic) bond motifs is 2. The number of amides is 4. The molecule has 0 unspecified atom stereocenters. The second kappa shape index (κ2) is 17.2. The SMILES string of the molecule is C=CCN1CC(=O)N2[C@@H](Cc3ccc(O)cc3)C(=O)N(Cc3cccc4c(-c5ccc(NC(=O)Nc6ccncn6)cc5)cn(C)c34)C[C@@H]2N1C(=C)NCc1ccccc1. The smallest absolute Gasteiger partial charge is 0.324 e. The van der Waals surface area contributed by atoms with Crippen molar-refractivity contribution >= 4 is 40.3 Å². The van der Waals surface area contributed by atoms with E-state index in [9.17, 15) is 19.5 Å². The zero-order valence-electron chi connectivity index (χ0n) is 33.2. The number of urea groups is 1. The van der Waals surface area contributed by atoms with E-state index in [0.29, 0.717) is 37.0 Å². The number of aryl methyl sites for hydroxylation is 1. The molecule has 4 amide bonds. The maximum Gasteiger partial charge on any atom is 0.324 e. The Morgan fingerprint density at radius 3 is 2.45 bits per heavy atom. The average molecular weight is 803 g/mol. The van der Waals surface area contributed by atoms with E-state index in [0.717, 1.165) is 38.7 Å². The lowest BCUT2D eigenvalue weighted by Crippen LogP contribution is -2.75. The van der Waals surface area contributed by atoms with Gasteiger partial charge in [-0.2, -0.15) is 0 Å². The number of phenolic OH excluding ortho intramolecular Hbond substituents is 1. The second-order valence-corrected chi connectivity index (χ2v) is 14.9. The molecule has 0 aliphatic carbocycles. The summed E-state index contributed by atoms with van der Waals surface area (Å²) in [5.74, 6) is 0.794. The van der Waals surface area contributed by atoms with E-state index in [1.807, 2.05) is 88.7 Å². The first-order chi connectivity index (χ1) is 29.2. The van der Waals surface area contributed by atoms with Crippen LogP contribution in [0.1, 0.15) is 16.7 Å². The van der Waals surface area contributed by atoms with Gasteiger partial charge < -0.3 is 30.1 Å². The quantitative estimate of drug-likeness (QED) is 0.102. The van der Waals surface area contributed by atoms with Gasteiger partial charge in [0.05, 0.1) is 18.6 Å². The Labute approximate surface area is 348 Å². The summed E-state index contributed by atoms with van der Waals surface area (Å²) in [4.78, 5) is 53.0. The zero-order chi connectivity index (χ0) is 41.8. The molecule has 60 heavy (non-hydrogen) atoms. The molecule has 2 fully saturated rings. The van der Waals surface area contributed by atoms with Gasteiger partial charge >= 0.3 is 6.03 Å². The molecule has 14 nitrogen and oxygen atoms in total. The third kappa shape index (κ3) is 8.26. The fraction of sp³-hybridized carbons (Fsp3) is 0.196. The van der Waals surface area contributed by atoms with Crippen LogP contribution in [-0.4, -0.2) is 89.1 Å². The van der Waals surface area contributed by atoms with Gasteiger partial charge in [0.25, 0.3) is 0 Å². The van der Waals surface area contributed by atoms with E-state index in [-0.39, 0.29) is 37.1 Å². The summed E-state index contributed by atoms with van der Waals surface area (Å²) in [7, 11) is 1.99.